The third-order valence-electron chi connectivity index (χ3n) is 8.07. The molecule has 44 heavy (non-hydrogen) atoms. The SMILES string of the molecule is CCc1cccc(CC)c1-c1c(-c2c3c(nn2-c2ncccn2)CCN(C(F)(F)F)C3)c(F)c(OC)c2c1ccn2C(=O)O. The molecule has 0 fully saturated rings. The molecule has 0 radical (unpaired) electrons. The van der Waals surface area contributed by atoms with E-state index in [4.69, 9.17) is 4.74 Å². The molecule has 3 aromatic heterocycles. The molecule has 0 spiro atoms. The topological polar surface area (TPSA) is 98.3 Å². The zero-order valence-electron chi connectivity index (χ0n) is 24.1. The van der Waals surface area contributed by atoms with E-state index in [9.17, 15) is 23.1 Å². The van der Waals surface area contributed by atoms with Crippen LogP contribution in [0.15, 0.2) is 48.9 Å². The van der Waals surface area contributed by atoms with Gasteiger partial charge in [0, 0.05) is 60.2 Å². The van der Waals surface area contributed by atoms with Gasteiger partial charge in [-0.25, -0.2) is 28.6 Å². The van der Waals surface area contributed by atoms with E-state index in [1.165, 1.54) is 30.4 Å². The normalized spacial score (nSPS) is 13.8. The van der Waals surface area contributed by atoms with Crippen molar-refractivity contribution in [2.75, 3.05) is 13.7 Å². The van der Waals surface area contributed by atoms with Gasteiger partial charge in [0.15, 0.2) is 11.6 Å². The molecule has 0 saturated carbocycles. The number of alkyl halides is 3. The highest BCUT2D eigenvalue weighted by atomic mass is 19.4. The summed E-state index contributed by atoms with van der Waals surface area (Å²) in [6.07, 6.45) is -0.686. The molecule has 0 atom stereocenters. The molecule has 13 heteroatoms. The summed E-state index contributed by atoms with van der Waals surface area (Å²) in [5.74, 6) is -1.26. The van der Waals surface area contributed by atoms with Crippen molar-refractivity contribution in [1.29, 1.82) is 0 Å². The molecule has 5 aromatic rings. The number of halogens is 4. The molecule has 4 heterocycles. The Morgan fingerprint density at radius 1 is 1.02 bits per heavy atom. The molecule has 0 unspecified atom stereocenters. The van der Waals surface area contributed by atoms with E-state index in [1.54, 1.807) is 12.1 Å². The van der Waals surface area contributed by atoms with E-state index in [0.717, 1.165) is 15.7 Å². The van der Waals surface area contributed by atoms with Gasteiger partial charge in [-0.1, -0.05) is 32.0 Å². The number of aromatic nitrogens is 5. The first-order valence-corrected chi connectivity index (χ1v) is 14.1. The van der Waals surface area contributed by atoms with Crippen molar-refractivity contribution in [3.05, 3.63) is 77.1 Å². The van der Waals surface area contributed by atoms with Crippen LogP contribution in [0.1, 0.15) is 36.2 Å². The van der Waals surface area contributed by atoms with Crippen molar-refractivity contribution in [3.8, 4) is 34.1 Å². The Morgan fingerprint density at radius 3 is 2.30 bits per heavy atom. The largest absolute Gasteiger partial charge is 0.492 e. The summed E-state index contributed by atoms with van der Waals surface area (Å²) in [4.78, 5) is 21.2. The number of hydrogen-bond acceptors (Lipinski definition) is 6. The molecule has 0 amide bonds. The Kier molecular flexibility index (Phi) is 7.36. The molecule has 0 bridgehead atoms. The molecular formula is C31H28F4N6O3. The third kappa shape index (κ3) is 4.58. The summed E-state index contributed by atoms with van der Waals surface area (Å²) >= 11 is 0. The maximum absolute atomic E-state index is 17.3. The monoisotopic (exact) mass is 608 g/mol. The number of carbonyl (C=O) groups is 1. The summed E-state index contributed by atoms with van der Waals surface area (Å²) < 4.78 is 67.1. The predicted molar refractivity (Wildman–Crippen MR) is 154 cm³/mol. The second-order valence-corrected chi connectivity index (χ2v) is 10.4. The second kappa shape index (κ2) is 11.1. The molecular weight excluding hydrogens is 580 g/mol. The van der Waals surface area contributed by atoms with Crippen LogP contribution in [0.5, 0.6) is 5.75 Å². The summed E-state index contributed by atoms with van der Waals surface area (Å²) in [5, 5.41) is 15.0. The van der Waals surface area contributed by atoms with Crippen LogP contribution < -0.4 is 4.74 Å². The maximum atomic E-state index is 17.3. The highest BCUT2D eigenvalue weighted by Gasteiger charge is 2.42. The number of aryl methyl sites for hydroxylation is 2. The molecule has 1 N–H and O–H groups in total. The number of carboxylic acid groups (broad SMARTS) is 1. The minimum Gasteiger partial charge on any atom is -0.492 e. The van der Waals surface area contributed by atoms with Crippen LogP contribution in [-0.4, -0.2) is 60.4 Å². The van der Waals surface area contributed by atoms with E-state index in [0.29, 0.717) is 39.9 Å². The smallest absolute Gasteiger partial charge is 0.460 e. The lowest BCUT2D eigenvalue weighted by Crippen LogP contribution is -2.41. The summed E-state index contributed by atoms with van der Waals surface area (Å²) in [5.41, 5.74) is 3.20. The molecule has 0 saturated heterocycles. The number of hydrogen-bond donors (Lipinski definition) is 1. The quantitative estimate of drug-likeness (QED) is 0.171. The maximum Gasteiger partial charge on any atom is 0.460 e. The standard InChI is InChI=1S/C31H28F4N6O3/c1-4-17-8-6-9-18(5-2)22(17)23-19-10-15-40(30(42)43)27(19)28(44-3)25(32)24(23)26-20-16-39(31(33,34)35)14-11-21(20)38-41(26)29-36-12-7-13-37-29/h6-10,12-13,15H,4-5,11,14,16H2,1-3H3,(H,42,43). The van der Waals surface area contributed by atoms with Gasteiger partial charge in [0.1, 0.15) is 5.52 Å². The van der Waals surface area contributed by atoms with Crippen LogP contribution in [0.2, 0.25) is 0 Å². The van der Waals surface area contributed by atoms with E-state index in [2.05, 4.69) is 15.1 Å². The van der Waals surface area contributed by atoms with Gasteiger partial charge in [0.2, 0.25) is 0 Å². The Hall–Kier alpha value is -4.78. The number of methoxy groups -OCH3 is 1. The fourth-order valence-electron chi connectivity index (χ4n) is 6.11. The lowest BCUT2D eigenvalue weighted by molar-refractivity contribution is -0.250. The van der Waals surface area contributed by atoms with Crippen LogP contribution in [0, 0.1) is 5.82 Å². The highest BCUT2D eigenvalue weighted by Crippen LogP contribution is 2.50. The van der Waals surface area contributed by atoms with Crippen molar-refractivity contribution in [1.82, 2.24) is 29.2 Å². The fourth-order valence-corrected chi connectivity index (χ4v) is 6.11. The fraction of sp³-hybridized carbons (Fsp3) is 0.290. The average Bonchev–Trinajstić information content (AvgIpc) is 3.62. The van der Waals surface area contributed by atoms with Crippen molar-refractivity contribution >= 4 is 17.0 Å². The number of rotatable bonds is 6. The van der Waals surface area contributed by atoms with Gasteiger partial charge in [-0.2, -0.15) is 23.0 Å². The molecule has 228 valence electrons. The van der Waals surface area contributed by atoms with Crippen molar-refractivity contribution in [2.24, 2.45) is 0 Å². The zero-order valence-corrected chi connectivity index (χ0v) is 24.1. The van der Waals surface area contributed by atoms with Crippen LogP contribution in [0.3, 0.4) is 0 Å². The van der Waals surface area contributed by atoms with E-state index < -0.39 is 24.8 Å². The lowest BCUT2D eigenvalue weighted by Gasteiger charge is -2.29. The molecule has 6 rings (SSSR count). The minimum absolute atomic E-state index is 0.0166. The van der Waals surface area contributed by atoms with Crippen LogP contribution in [0.4, 0.5) is 22.4 Å². The Morgan fingerprint density at radius 2 is 1.70 bits per heavy atom. The number of benzene rings is 2. The Balaban J connectivity index is 1.84. The van der Waals surface area contributed by atoms with E-state index in [-0.39, 0.29) is 47.0 Å². The second-order valence-electron chi connectivity index (χ2n) is 10.4. The van der Waals surface area contributed by atoms with Crippen molar-refractivity contribution < 1.29 is 32.2 Å². The van der Waals surface area contributed by atoms with Crippen LogP contribution in [0.25, 0.3) is 39.2 Å². The van der Waals surface area contributed by atoms with Crippen molar-refractivity contribution in [3.63, 3.8) is 0 Å². The number of nitrogens with zero attached hydrogens (tertiary/aromatic N) is 6. The van der Waals surface area contributed by atoms with Crippen LogP contribution in [-0.2, 0) is 25.8 Å². The van der Waals surface area contributed by atoms with E-state index >= 15 is 4.39 Å². The van der Waals surface area contributed by atoms with Gasteiger partial charge >= 0.3 is 12.4 Å². The van der Waals surface area contributed by atoms with Gasteiger partial charge in [0.05, 0.1) is 18.5 Å². The third-order valence-corrected chi connectivity index (χ3v) is 8.07. The first-order valence-electron chi connectivity index (χ1n) is 14.1. The van der Waals surface area contributed by atoms with Gasteiger partial charge in [-0.15, -0.1) is 0 Å². The number of ether oxygens (including phenoxy) is 1. The first-order chi connectivity index (χ1) is 21.1. The molecule has 9 nitrogen and oxygen atoms in total. The van der Waals surface area contributed by atoms with Crippen LogP contribution >= 0.6 is 0 Å². The molecule has 2 aromatic carbocycles. The first kappa shape index (κ1) is 29.3. The Labute approximate surface area is 249 Å². The molecule has 0 aliphatic carbocycles. The summed E-state index contributed by atoms with van der Waals surface area (Å²) in [6.45, 7) is 3.00. The number of fused-ring (bicyclic) bond motifs is 2. The van der Waals surface area contributed by atoms with Gasteiger partial charge in [-0.3, -0.25) is 0 Å². The van der Waals surface area contributed by atoms with Gasteiger partial charge in [0.25, 0.3) is 5.95 Å². The summed E-state index contributed by atoms with van der Waals surface area (Å²) in [6, 6.07) is 8.84. The molecule has 1 aliphatic rings. The predicted octanol–water partition coefficient (Wildman–Crippen LogP) is 6.63. The van der Waals surface area contributed by atoms with Gasteiger partial charge < -0.3 is 9.84 Å². The highest BCUT2D eigenvalue weighted by molar-refractivity contribution is 6.09. The minimum atomic E-state index is -4.63. The average molecular weight is 609 g/mol. The van der Waals surface area contributed by atoms with Crippen molar-refractivity contribution in [2.45, 2.75) is 46.0 Å². The molecule has 1 aliphatic heterocycles. The lowest BCUT2D eigenvalue weighted by atomic mass is 9.84. The summed E-state index contributed by atoms with van der Waals surface area (Å²) in [7, 11) is 1.22. The van der Waals surface area contributed by atoms with Gasteiger partial charge in [-0.05, 0) is 41.7 Å². The zero-order chi connectivity index (χ0) is 31.3. The van der Waals surface area contributed by atoms with E-state index in [1.807, 2.05) is 32.0 Å². The Bertz CT molecular complexity index is 1880.